The van der Waals surface area contributed by atoms with Crippen LogP contribution >= 0.6 is 0 Å². The zero-order valence-electron chi connectivity index (χ0n) is 12.7. The van der Waals surface area contributed by atoms with E-state index in [1.165, 1.54) is 25.7 Å². The number of carbonyl (C=O) groups excluding carboxylic acids is 1. The number of hydrogen-bond acceptors (Lipinski definition) is 2. The number of benzene rings is 1. The Morgan fingerprint density at radius 3 is 2.62 bits per heavy atom. The predicted molar refractivity (Wildman–Crippen MR) is 84.9 cm³/mol. The lowest BCUT2D eigenvalue weighted by molar-refractivity contribution is 0.200. The second-order valence-electron chi connectivity index (χ2n) is 6.65. The molecule has 0 aromatic heterocycles. The molecule has 3 unspecified atom stereocenters. The van der Waals surface area contributed by atoms with Crippen molar-refractivity contribution in [3.05, 3.63) is 29.8 Å². The highest BCUT2D eigenvalue weighted by Crippen LogP contribution is 2.48. The molecule has 0 spiro atoms. The first kappa shape index (κ1) is 14.4. The van der Waals surface area contributed by atoms with Gasteiger partial charge in [-0.1, -0.05) is 18.6 Å². The van der Waals surface area contributed by atoms with Crippen LogP contribution in [0.15, 0.2) is 24.3 Å². The van der Waals surface area contributed by atoms with Crippen LogP contribution in [0.1, 0.15) is 31.2 Å². The molecule has 2 saturated carbocycles. The Labute approximate surface area is 126 Å². The second kappa shape index (κ2) is 6.06. The third kappa shape index (κ3) is 3.21. The van der Waals surface area contributed by atoms with E-state index in [-0.39, 0.29) is 6.03 Å². The molecule has 1 aromatic rings. The number of rotatable bonds is 4. The van der Waals surface area contributed by atoms with Gasteiger partial charge in [-0.25, -0.2) is 4.79 Å². The summed E-state index contributed by atoms with van der Waals surface area (Å²) in [5.41, 5.74) is 7.48. The maximum Gasteiger partial charge on any atom is 0.321 e. The molecule has 114 valence electrons. The molecule has 2 bridgehead atoms. The van der Waals surface area contributed by atoms with Crippen molar-refractivity contribution >= 4 is 11.7 Å². The summed E-state index contributed by atoms with van der Waals surface area (Å²) < 4.78 is 0. The summed E-state index contributed by atoms with van der Waals surface area (Å²) in [5.74, 6) is 2.49. The normalized spacial score (nSPS) is 26.9. The van der Waals surface area contributed by atoms with Gasteiger partial charge in [0.05, 0.1) is 0 Å². The lowest BCUT2D eigenvalue weighted by Gasteiger charge is -2.27. The largest absolute Gasteiger partial charge is 0.327 e. The summed E-state index contributed by atoms with van der Waals surface area (Å²) in [6.45, 7) is 1.41. The average Bonchev–Trinajstić information content (AvgIpc) is 3.10. The minimum absolute atomic E-state index is 0.0155. The molecule has 2 aliphatic carbocycles. The smallest absolute Gasteiger partial charge is 0.321 e. The Morgan fingerprint density at radius 1 is 1.29 bits per heavy atom. The number of anilines is 1. The molecule has 3 atom stereocenters. The van der Waals surface area contributed by atoms with Crippen LogP contribution in [0.4, 0.5) is 10.5 Å². The van der Waals surface area contributed by atoms with Crippen LogP contribution in [0, 0.1) is 17.8 Å². The summed E-state index contributed by atoms with van der Waals surface area (Å²) in [5, 5.41) is 2.96. The number of amides is 2. The SMILES string of the molecule is CN(CC1CC2CCC1C2)C(=O)Nc1ccc(CN)cc1. The van der Waals surface area contributed by atoms with Gasteiger partial charge in [-0.15, -0.1) is 0 Å². The number of fused-ring (bicyclic) bond motifs is 2. The average molecular weight is 287 g/mol. The fraction of sp³-hybridized carbons (Fsp3) is 0.588. The fourth-order valence-corrected chi connectivity index (χ4v) is 3.98. The lowest BCUT2D eigenvalue weighted by Crippen LogP contribution is -2.36. The van der Waals surface area contributed by atoms with Crippen LogP contribution in [-0.2, 0) is 6.54 Å². The Morgan fingerprint density at radius 2 is 2.05 bits per heavy atom. The van der Waals surface area contributed by atoms with Crippen molar-refractivity contribution < 1.29 is 4.79 Å². The Kier molecular flexibility index (Phi) is 4.15. The van der Waals surface area contributed by atoms with Crippen molar-refractivity contribution in [2.45, 2.75) is 32.2 Å². The van der Waals surface area contributed by atoms with Crippen molar-refractivity contribution in [3.63, 3.8) is 0 Å². The Balaban J connectivity index is 1.52. The van der Waals surface area contributed by atoms with E-state index in [2.05, 4.69) is 5.32 Å². The molecule has 2 amide bonds. The monoisotopic (exact) mass is 287 g/mol. The Bertz CT molecular complexity index is 499. The van der Waals surface area contributed by atoms with Crippen LogP contribution < -0.4 is 11.1 Å². The van der Waals surface area contributed by atoms with E-state index in [1.807, 2.05) is 36.2 Å². The number of carbonyl (C=O) groups is 1. The summed E-state index contributed by atoms with van der Waals surface area (Å²) in [4.78, 5) is 14.1. The van der Waals surface area contributed by atoms with Gasteiger partial charge in [0.2, 0.25) is 0 Å². The fourth-order valence-electron chi connectivity index (χ4n) is 3.98. The van der Waals surface area contributed by atoms with Gasteiger partial charge in [-0.05, 0) is 54.7 Å². The molecular formula is C17H25N3O. The van der Waals surface area contributed by atoms with Crippen LogP contribution in [0.25, 0.3) is 0 Å². The van der Waals surface area contributed by atoms with Crippen molar-refractivity contribution in [2.75, 3.05) is 18.9 Å². The summed E-state index contributed by atoms with van der Waals surface area (Å²) in [6, 6.07) is 7.70. The van der Waals surface area contributed by atoms with E-state index in [0.717, 1.165) is 29.6 Å². The Hall–Kier alpha value is -1.55. The molecule has 21 heavy (non-hydrogen) atoms. The highest BCUT2D eigenvalue weighted by Gasteiger charge is 2.40. The van der Waals surface area contributed by atoms with Crippen molar-refractivity contribution in [1.29, 1.82) is 0 Å². The maximum atomic E-state index is 12.3. The number of nitrogens with zero attached hydrogens (tertiary/aromatic N) is 1. The number of hydrogen-bond donors (Lipinski definition) is 2. The van der Waals surface area contributed by atoms with Crippen molar-refractivity contribution in [2.24, 2.45) is 23.5 Å². The van der Waals surface area contributed by atoms with Gasteiger partial charge in [0.15, 0.2) is 0 Å². The molecule has 4 heteroatoms. The molecule has 3 rings (SSSR count). The molecule has 0 aliphatic heterocycles. The third-order valence-corrected chi connectivity index (χ3v) is 5.18. The quantitative estimate of drug-likeness (QED) is 0.894. The van der Waals surface area contributed by atoms with Crippen LogP contribution in [0.5, 0.6) is 0 Å². The molecule has 0 saturated heterocycles. The minimum Gasteiger partial charge on any atom is -0.327 e. The van der Waals surface area contributed by atoms with Gasteiger partial charge in [0.1, 0.15) is 0 Å². The zero-order chi connectivity index (χ0) is 14.8. The summed E-state index contributed by atoms with van der Waals surface area (Å²) in [7, 11) is 1.90. The standard InChI is InChI=1S/C17H25N3O/c1-20(11-15-9-13-2-5-14(15)8-13)17(21)19-16-6-3-12(10-18)4-7-16/h3-4,6-7,13-15H,2,5,8-11,18H2,1H3,(H,19,21). The van der Waals surface area contributed by atoms with Gasteiger partial charge in [0, 0.05) is 25.8 Å². The van der Waals surface area contributed by atoms with E-state index in [0.29, 0.717) is 12.5 Å². The predicted octanol–water partition coefficient (Wildman–Crippen LogP) is 3.05. The number of nitrogens with two attached hydrogens (primary N) is 1. The van der Waals surface area contributed by atoms with Gasteiger partial charge in [-0.2, -0.15) is 0 Å². The molecule has 4 nitrogen and oxygen atoms in total. The van der Waals surface area contributed by atoms with E-state index in [1.54, 1.807) is 0 Å². The van der Waals surface area contributed by atoms with Crippen LogP contribution in [0.3, 0.4) is 0 Å². The topological polar surface area (TPSA) is 58.4 Å². The molecular weight excluding hydrogens is 262 g/mol. The molecule has 2 fully saturated rings. The van der Waals surface area contributed by atoms with E-state index >= 15 is 0 Å². The molecule has 0 heterocycles. The number of urea groups is 1. The summed E-state index contributed by atoms with van der Waals surface area (Å²) >= 11 is 0. The maximum absolute atomic E-state index is 12.3. The van der Waals surface area contributed by atoms with Crippen LogP contribution in [-0.4, -0.2) is 24.5 Å². The first-order valence-electron chi connectivity index (χ1n) is 7.97. The van der Waals surface area contributed by atoms with E-state index in [4.69, 9.17) is 5.73 Å². The highest BCUT2D eigenvalue weighted by molar-refractivity contribution is 5.89. The van der Waals surface area contributed by atoms with Gasteiger partial charge in [-0.3, -0.25) is 0 Å². The number of nitrogens with one attached hydrogen (secondary N) is 1. The molecule has 0 radical (unpaired) electrons. The first-order chi connectivity index (χ1) is 10.2. The third-order valence-electron chi connectivity index (χ3n) is 5.18. The first-order valence-corrected chi connectivity index (χ1v) is 7.97. The second-order valence-corrected chi connectivity index (χ2v) is 6.65. The van der Waals surface area contributed by atoms with E-state index in [9.17, 15) is 4.79 Å². The van der Waals surface area contributed by atoms with Crippen LogP contribution in [0.2, 0.25) is 0 Å². The molecule has 2 aliphatic rings. The summed E-state index contributed by atoms with van der Waals surface area (Å²) in [6.07, 6.45) is 5.48. The zero-order valence-corrected chi connectivity index (χ0v) is 12.7. The van der Waals surface area contributed by atoms with Crippen molar-refractivity contribution in [1.82, 2.24) is 4.90 Å². The van der Waals surface area contributed by atoms with Crippen molar-refractivity contribution in [3.8, 4) is 0 Å². The highest BCUT2D eigenvalue weighted by atomic mass is 16.2. The minimum atomic E-state index is -0.0155. The van der Waals surface area contributed by atoms with E-state index < -0.39 is 0 Å². The van der Waals surface area contributed by atoms with Gasteiger partial charge < -0.3 is 16.0 Å². The van der Waals surface area contributed by atoms with Gasteiger partial charge >= 0.3 is 6.03 Å². The van der Waals surface area contributed by atoms with Gasteiger partial charge in [0.25, 0.3) is 0 Å². The lowest BCUT2D eigenvalue weighted by atomic mass is 9.88. The molecule has 1 aromatic carbocycles. The molecule has 3 N–H and O–H groups in total.